The normalized spacial score (nSPS) is 17.8. The number of anilines is 1. The predicted octanol–water partition coefficient (Wildman–Crippen LogP) is 4.11. The number of carbonyl (C=O) groups excluding carboxylic acids is 1. The SMILES string of the molecule is O=C(Nc1ccccc1)N1CCS[C@@H]1c1ccc(F)cc1. The van der Waals surface area contributed by atoms with E-state index in [1.807, 2.05) is 30.3 Å². The third-order valence-corrected chi connectivity index (χ3v) is 4.59. The van der Waals surface area contributed by atoms with Crippen LogP contribution in [0.4, 0.5) is 14.9 Å². The summed E-state index contributed by atoms with van der Waals surface area (Å²) in [6, 6.07) is 15.6. The molecule has 5 heteroatoms. The van der Waals surface area contributed by atoms with E-state index < -0.39 is 0 Å². The van der Waals surface area contributed by atoms with Crippen LogP contribution in [0.25, 0.3) is 0 Å². The number of amides is 2. The highest BCUT2D eigenvalue weighted by molar-refractivity contribution is 7.99. The molecule has 1 aliphatic rings. The van der Waals surface area contributed by atoms with Gasteiger partial charge in [-0.2, -0.15) is 0 Å². The molecule has 1 aliphatic heterocycles. The Hall–Kier alpha value is -2.01. The smallest absolute Gasteiger partial charge is 0.308 e. The van der Waals surface area contributed by atoms with Gasteiger partial charge in [0.05, 0.1) is 0 Å². The zero-order valence-corrected chi connectivity index (χ0v) is 12.1. The van der Waals surface area contributed by atoms with E-state index in [2.05, 4.69) is 5.32 Å². The van der Waals surface area contributed by atoms with Gasteiger partial charge >= 0.3 is 6.03 Å². The second kappa shape index (κ2) is 6.18. The lowest BCUT2D eigenvalue weighted by Crippen LogP contribution is -2.34. The highest BCUT2D eigenvalue weighted by Gasteiger charge is 2.30. The van der Waals surface area contributed by atoms with Crippen LogP contribution in [0.3, 0.4) is 0 Å². The lowest BCUT2D eigenvalue weighted by Gasteiger charge is -2.24. The molecule has 0 unspecified atom stereocenters. The Morgan fingerprint density at radius 1 is 1.14 bits per heavy atom. The summed E-state index contributed by atoms with van der Waals surface area (Å²) >= 11 is 1.69. The van der Waals surface area contributed by atoms with Gasteiger partial charge in [-0.15, -0.1) is 11.8 Å². The van der Waals surface area contributed by atoms with Crippen molar-refractivity contribution in [3.8, 4) is 0 Å². The summed E-state index contributed by atoms with van der Waals surface area (Å²) in [5.74, 6) is 0.617. The number of urea groups is 1. The summed E-state index contributed by atoms with van der Waals surface area (Å²) < 4.78 is 13.0. The first-order valence-electron chi connectivity index (χ1n) is 6.74. The van der Waals surface area contributed by atoms with Crippen LogP contribution in [-0.2, 0) is 0 Å². The third-order valence-electron chi connectivity index (χ3n) is 3.33. The number of halogens is 1. The van der Waals surface area contributed by atoms with Gasteiger partial charge in [0.2, 0.25) is 0 Å². The molecule has 2 amide bonds. The molecule has 108 valence electrons. The van der Waals surface area contributed by atoms with Crippen LogP contribution in [0.15, 0.2) is 54.6 Å². The lowest BCUT2D eigenvalue weighted by atomic mass is 10.2. The number of benzene rings is 2. The average Bonchev–Trinajstić information content (AvgIpc) is 2.98. The molecular weight excluding hydrogens is 287 g/mol. The maximum Gasteiger partial charge on any atom is 0.323 e. The van der Waals surface area contributed by atoms with Crippen molar-refractivity contribution in [3.63, 3.8) is 0 Å². The van der Waals surface area contributed by atoms with Crippen LogP contribution in [0.1, 0.15) is 10.9 Å². The molecule has 2 aromatic rings. The van der Waals surface area contributed by atoms with Crippen molar-refractivity contribution in [3.05, 3.63) is 66.0 Å². The van der Waals surface area contributed by atoms with Crippen molar-refractivity contribution in [2.24, 2.45) is 0 Å². The van der Waals surface area contributed by atoms with Crippen LogP contribution >= 0.6 is 11.8 Å². The van der Waals surface area contributed by atoms with Gasteiger partial charge in [-0.05, 0) is 29.8 Å². The van der Waals surface area contributed by atoms with Crippen LogP contribution in [0.2, 0.25) is 0 Å². The summed E-state index contributed by atoms with van der Waals surface area (Å²) in [6.07, 6.45) is 0. The van der Waals surface area contributed by atoms with Crippen LogP contribution in [0, 0.1) is 5.82 Å². The largest absolute Gasteiger partial charge is 0.323 e. The van der Waals surface area contributed by atoms with Crippen LogP contribution in [-0.4, -0.2) is 23.2 Å². The minimum atomic E-state index is -0.262. The van der Waals surface area contributed by atoms with E-state index in [0.717, 1.165) is 17.0 Å². The molecule has 21 heavy (non-hydrogen) atoms. The Kier molecular flexibility index (Phi) is 4.10. The van der Waals surface area contributed by atoms with Crippen molar-refractivity contribution in [1.82, 2.24) is 4.90 Å². The van der Waals surface area contributed by atoms with Gasteiger partial charge in [0, 0.05) is 18.0 Å². The fraction of sp³-hybridized carbons (Fsp3) is 0.188. The van der Waals surface area contributed by atoms with Crippen LogP contribution in [0.5, 0.6) is 0 Å². The molecule has 0 bridgehead atoms. The molecule has 1 heterocycles. The van der Waals surface area contributed by atoms with Crippen LogP contribution < -0.4 is 5.32 Å². The minimum absolute atomic E-state index is 0.0608. The van der Waals surface area contributed by atoms with E-state index in [1.165, 1.54) is 12.1 Å². The Balaban J connectivity index is 1.74. The average molecular weight is 302 g/mol. The molecule has 1 N–H and O–H groups in total. The van der Waals surface area contributed by atoms with Gasteiger partial charge in [-0.3, -0.25) is 0 Å². The number of carbonyl (C=O) groups is 1. The van der Waals surface area contributed by atoms with E-state index in [4.69, 9.17) is 0 Å². The molecule has 0 saturated carbocycles. The quantitative estimate of drug-likeness (QED) is 0.905. The van der Waals surface area contributed by atoms with Gasteiger partial charge < -0.3 is 10.2 Å². The van der Waals surface area contributed by atoms with Gasteiger partial charge in [0.15, 0.2) is 0 Å². The molecule has 0 radical (unpaired) electrons. The predicted molar refractivity (Wildman–Crippen MR) is 83.8 cm³/mol. The number of nitrogens with one attached hydrogen (secondary N) is 1. The van der Waals surface area contributed by atoms with E-state index >= 15 is 0 Å². The van der Waals surface area contributed by atoms with Crippen molar-refractivity contribution >= 4 is 23.5 Å². The molecule has 0 aliphatic carbocycles. The molecule has 1 fully saturated rings. The number of nitrogens with zero attached hydrogens (tertiary/aromatic N) is 1. The van der Waals surface area contributed by atoms with Crippen molar-refractivity contribution in [2.75, 3.05) is 17.6 Å². The highest BCUT2D eigenvalue weighted by atomic mass is 32.2. The van der Waals surface area contributed by atoms with Gasteiger partial charge in [-0.1, -0.05) is 30.3 Å². The summed E-state index contributed by atoms with van der Waals surface area (Å²) in [7, 11) is 0. The Bertz CT molecular complexity index is 618. The second-order valence-electron chi connectivity index (χ2n) is 4.76. The Morgan fingerprint density at radius 3 is 2.57 bits per heavy atom. The number of rotatable bonds is 2. The minimum Gasteiger partial charge on any atom is -0.308 e. The monoisotopic (exact) mass is 302 g/mol. The second-order valence-corrected chi connectivity index (χ2v) is 5.95. The zero-order valence-electron chi connectivity index (χ0n) is 11.3. The maximum absolute atomic E-state index is 13.0. The molecule has 1 atom stereocenters. The van der Waals surface area contributed by atoms with Gasteiger partial charge in [0.25, 0.3) is 0 Å². The first-order chi connectivity index (χ1) is 10.2. The molecule has 0 aromatic heterocycles. The summed E-state index contributed by atoms with van der Waals surface area (Å²) in [5, 5.41) is 2.83. The fourth-order valence-corrected chi connectivity index (χ4v) is 3.55. The first-order valence-corrected chi connectivity index (χ1v) is 7.78. The van der Waals surface area contributed by atoms with E-state index in [1.54, 1.807) is 28.8 Å². The molecule has 1 saturated heterocycles. The fourth-order valence-electron chi connectivity index (χ4n) is 2.30. The van der Waals surface area contributed by atoms with Crippen molar-refractivity contribution in [2.45, 2.75) is 5.37 Å². The van der Waals surface area contributed by atoms with Gasteiger partial charge in [0.1, 0.15) is 11.2 Å². The molecular formula is C16H15FN2OS. The number of para-hydroxylation sites is 1. The zero-order chi connectivity index (χ0) is 14.7. The van der Waals surface area contributed by atoms with E-state index in [9.17, 15) is 9.18 Å². The summed E-state index contributed by atoms with van der Waals surface area (Å²) in [5.41, 5.74) is 1.72. The lowest BCUT2D eigenvalue weighted by molar-refractivity contribution is 0.214. The van der Waals surface area contributed by atoms with E-state index in [-0.39, 0.29) is 17.2 Å². The Labute approximate surface area is 127 Å². The molecule has 0 spiro atoms. The van der Waals surface area contributed by atoms with Gasteiger partial charge in [-0.25, -0.2) is 9.18 Å². The topological polar surface area (TPSA) is 32.3 Å². The first kappa shape index (κ1) is 13.9. The standard InChI is InChI=1S/C16H15FN2OS/c17-13-8-6-12(7-9-13)15-19(10-11-21-15)16(20)18-14-4-2-1-3-5-14/h1-9,15H,10-11H2,(H,18,20)/t15-/m1/s1. The summed E-state index contributed by atoms with van der Waals surface area (Å²) in [6.45, 7) is 0.686. The van der Waals surface area contributed by atoms with Crippen molar-refractivity contribution < 1.29 is 9.18 Å². The summed E-state index contributed by atoms with van der Waals surface area (Å²) in [4.78, 5) is 14.2. The third kappa shape index (κ3) is 3.19. The Morgan fingerprint density at radius 2 is 1.86 bits per heavy atom. The van der Waals surface area contributed by atoms with Crippen molar-refractivity contribution in [1.29, 1.82) is 0 Å². The molecule has 3 rings (SSSR count). The highest BCUT2D eigenvalue weighted by Crippen LogP contribution is 2.38. The molecule has 3 nitrogen and oxygen atoms in total. The molecule has 2 aromatic carbocycles. The number of thioether (sulfide) groups is 1. The number of hydrogen-bond donors (Lipinski definition) is 1. The maximum atomic E-state index is 13.0. The van der Waals surface area contributed by atoms with E-state index in [0.29, 0.717) is 6.54 Å². The number of hydrogen-bond acceptors (Lipinski definition) is 2.